The monoisotopic (exact) mass is 368 g/mol. The Labute approximate surface area is 149 Å². The van der Waals surface area contributed by atoms with Gasteiger partial charge in [0.2, 0.25) is 15.9 Å². The molecule has 0 aromatic carbocycles. The molecule has 1 saturated carbocycles. The number of hydrogen-bond acceptors (Lipinski definition) is 4. The third kappa shape index (κ3) is 4.23. The Hall–Kier alpha value is -1.41. The van der Waals surface area contributed by atoms with Crippen molar-refractivity contribution >= 4 is 21.7 Å². The maximum absolute atomic E-state index is 13.2. The molecule has 2 fully saturated rings. The molecule has 8 heteroatoms. The Balaban J connectivity index is 1.74. The molecule has 1 aliphatic carbocycles. The van der Waals surface area contributed by atoms with E-state index in [1.54, 1.807) is 6.20 Å². The molecule has 3 rings (SSSR count). The molecule has 1 aliphatic heterocycles. The number of H-pyrrole nitrogens is 1. The van der Waals surface area contributed by atoms with Crippen LogP contribution in [0.2, 0.25) is 0 Å². The fourth-order valence-corrected chi connectivity index (χ4v) is 4.89. The van der Waals surface area contributed by atoms with Gasteiger partial charge in [-0.2, -0.15) is 5.10 Å². The molecule has 1 N–H and O–H groups in total. The molecule has 25 heavy (non-hydrogen) atoms. The number of nitrogens with zero attached hydrogens (tertiary/aromatic N) is 3. The Bertz CT molecular complexity index is 673. The molecule has 0 bridgehead atoms. The molecule has 0 spiro atoms. The van der Waals surface area contributed by atoms with Crippen molar-refractivity contribution in [3.05, 3.63) is 12.3 Å². The van der Waals surface area contributed by atoms with Crippen LogP contribution in [-0.4, -0.2) is 54.2 Å². The first-order valence-electron chi connectivity index (χ1n) is 9.14. The van der Waals surface area contributed by atoms with Gasteiger partial charge in [0.25, 0.3) is 0 Å². The topological polar surface area (TPSA) is 86.4 Å². The molecule has 1 saturated heterocycles. The molecule has 140 valence electrons. The van der Waals surface area contributed by atoms with Crippen molar-refractivity contribution in [3.8, 4) is 0 Å². The van der Waals surface area contributed by atoms with Crippen LogP contribution in [0, 0.1) is 11.8 Å². The number of piperidine rings is 1. The highest BCUT2D eigenvalue weighted by molar-refractivity contribution is 7.88. The van der Waals surface area contributed by atoms with Crippen LogP contribution in [0.4, 0.5) is 5.82 Å². The standard InChI is InChI=1S/C17H28N4O3S/c1-13-3-5-14(6-4-13)17(22)21(16-7-10-18-19-16)15-8-11-20(12-9-15)25(2,23)24/h7,10,13-15H,3-6,8-9,11-12H2,1-2H3,(H,18,19). The van der Waals surface area contributed by atoms with Gasteiger partial charge >= 0.3 is 0 Å². The van der Waals surface area contributed by atoms with Gasteiger partial charge in [-0.1, -0.05) is 6.92 Å². The van der Waals surface area contributed by atoms with Gasteiger partial charge in [-0.3, -0.25) is 14.8 Å². The van der Waals surface area contributed by atoms with Crippen LogP contribution in [0.15, 0.2) is 12.3 Å². The number of anilines is 1. The van der Waals surface area contributed by atoms with E-state index in [-0.39, 0.29) is 17.9 Å². The fourth-order valence-electron chi connectivity index (χ4n) is 4.01. The number of nitrogens with one attached hydrogen (secondary N) is 1. The average molecular weight is 369 g/mol. The van der Waals surface area contributed by atoms with Gasteiger partial charge < -0.3 is 0 Å². The van der Waals surface area contributed by atoms with E-state index < -0.39 is 10.0 Å². The minimum Gasteiger partial charge on any atom is -0.294 e. The van der Waals surface area contributed by atoms with Crippen molar-refractivity contribution in [2.75, 3.05) is 24.2 Å². The molecule has 2 heterocycles. The Morgan fingerprint density at radius 1 is 1.20 bits per heavy atom. The number of rotatable bonds is 4. The van der Waals surface area contributed by atoms with Crippen LogP contribution in [0.1, 0.15) is 45.4 Å². The summed E-state index contributed by atoms with van der Waals surface area (Å²) in [7, 11) is -3.17. The van der Waals surface area contributed by atoms with Crippen LogP contribution in [0.3, 0.4) is 0 Å². The first-order valence-corrected chi connectivity index (χ1v) is 11.0. The van der Waals surface area contributed by atoms with Gasteiger partial charge in [0.1, 0.15) is 5.82 Å². The summed E-state index contributed by atoms with van der Waals surface area (Å²) >= 11 is 0. The summed E-state index contributed by atoms with van der Waals surface area (Å²) in [5.41, 5.74) is 0. The number of sulfonamides is 1. The van der Waals surface area contributed by atoms with E-state index in [4.69, 9.17) is 0 Å². The highest BCUT2D eigenvalue weighted by Crippen LogP contribution is 2.32. The van der Waals surface area contributed by atoms with E-state index in [1.807, 2.05) is 11.0 Å². The number of amides is 1. The third-order valence-corrected chi connectivity index (χ3v) is 6.91. The Kier molecular flexibility index (Phi) is 5.48. The smallest absolute Gasteiger partial charge is 0.231 e. The van der Waals surface area contributed by atoms with Crippen molar-refractivity contribution in [2.45, 2.75) is 51.5 Å². The highest BCUT2D eigenvalue weighted by atomic mass is 32.2. The molecule has 7 nitrogen and oxygen atoms in total. The van der Waals surface area contributed by atoms with Crippen LogP contribution >= 0.6 is 0 Å². The van der Waals surface area contributed by atoms with E-state index in [1.165, 1.54) is 10.6 Å². The molecular formula is C17H28N4O3S. The third-order valence-electron chi connectivity index (χ3n) is 5.61. The minimum atomic E-state index is -3.17. The number of carbonyl (C=O) groups excluding carboxylic acids is 1. The first-order chi connectivity index (χ1) is 11.9. The second-order valence-corrected chi connectivity index (χ2v) is 9.48. The highest BCUT2D eigenvalue weighted by Gasteiger charge is 2.36. The van der Waals surface area contributed by atoms with Gasteiger partial charge in [0.05, 0.1) is 12.5 Å². The fraction of sp³-hybridized carbons (Fsp3) is 0.765. The molecule has 0 unspecified atom stereocenters. The number of aromatic amines is 1. The van der Waals surface area contributed by atoms with E-state index in [0.717, 1.165) is 31.5 Å². The van der Waals surface area contributed by atoms with Crippen LogP contribution < -0.4 is 4.90 Å². The zero-order chi connectivity index (χ0) is 18.0. The summed E-state index contributed by atoms with van der Waals surface area (Å²) in [5, 5.41) is 6.93. The van der Waals surface area contributed by atoms with Crippen molar-refractivity contribution < 1.29 is 13.2 Å². The molecule has 1 aromatic rings. The zero-order valence-electron chi connectivity index (χ0n) is 15.0. The van der Waals surface area contributed by atoms with Crippen LogP contribution in [-0.2, 0) is 14.8 Å². The normalized spacial score (nSPS) is 26.5. The molecule has 1 aromatic heterocycles. The van der Waals surface area contributed by atoms with E-state index in [2.05, 4.69) is 17.1 Å². The van der Waals surface area contributed by atoms with Crippen LogP contribution in [0.25, 0.3) is 0 Å². The summed E-state index contributed by atoms with van der Waals surface area (Å²) in [5.74, 6) is 1.64. The van der Waals surface area contributed by atoms with Crippen LogP contribution in [0.5, 0.6) is 0 Å². The molecule has 2 aliphatic rings. The number of carbonyl (C=O) groups is 1. The molecule has 1 amide bonds. The minimum absolute atomic E-state index is 0.0188. The van der Waals surface area contributed by atoms with E-state index in [0.29, 0.717) is 31.8 Å². The summed E-state index contributed by atoms with van der Waals surface area (Å²) in [4.78, 5) is 15.1. The SMILES string of the molecule is CC1CCC(C(=O)N(c2ccn[nH]2)C2CCN(S(C)(=O)=O)CC2)CC1. The Morgan fingerprint density at radius 2 is 1.84 bits per heavy atom. The van der Waals surface area contributed by atoms with E-state index >= 15 is 0 Å². The second kappa shape index (κ2) is 7.45. The van der Waals surface area contributed by atoms with Gasteiger partial charge in [0, 0.05) is 31.1 Å². The van der Waals surface area contributed by atoms with Gasteiger partial charge in [-0.25, -0.2) is 12.7 Å². The van der Waals surface area contributed by atoms with E-state index in [9.17, 15) is 13.2 Å². The predicted molar refractivity (Wildman–Crippen MR) is 96.6 cm³/mol. The predicted octanol–water partition coefficient (Wildman–Crippen LogP) is 1.99. The molecule has 0 radical (unpaired) electrons. The van der Waals surface area contributed by atoms with Crippen molar-refractivity contribution in [2.24, 2.45) is 11.8 Å². The first kappa shape index (κ1) is 18.4. The van der Waals surface area contributed by atoms with Gasteiger partial charge in [-0.15, -0.1) is 0 Å². The van der Waals surface area contributed by atoms with Crippen molar-refractivity contribution in [1.29, 1.82) is 0 Å². The van der Waals surface area contributed by atoms with Crippen molar-refractivity contribution in [1.82, 2.24) is 14.5 Å². The maximum atomic E-state index is 13.2. The maximum Gasteiger partial charge on any atom is 0.231 e. The zero-order valence-corrected chi connectivity index (χ0v) is 15.8. The second-order valence-electron chi connectivity index (χ2n) is 7.50. The molecule has 0 atom stereocenters. The molecular weight excluding hydrogens is 340 g/mol. The summed E-state index contributed by atoms with van der Waals surface area (Å²) in [6.45, 7) is 3.17. The lowest BCUT2D eigenvalue weighted by Crippen LogP contribution is -2.50. The van der Waals surface area contributed by atoms with Gasteiger partial charge in [0.15, 0.2) is 0 Å². The number of aromatic nitrogens is 2. The summed E-state index contributed by atoms with van der Waals surface area (Å²) in [6.07, 6.45) is 8.28. The lowest BCUT2D eigenvalue weighted by Gasteiger charge is -2.39. The summed E-state index contributed by atoms with van der Waals surface area (Å²) < 4.78 is 25.0. The average Bonchev–Trinajstić information content (AvgIpc) is 3.09. The quantitative estimate of drug-likeness (QED) is 0.880. The van der Waals surface area contributed by atoms with Crippen molar-refractivity contribution in [3.63, 3.8) is 0 Å². The lowest BCUT2D eigenvalue weighted by molar-refractivity contribution is -0.124. The largest absolute Gasteiger partial charge is 0.294 e. The Morgan fingerprint density at radius 3 is 2.36 bits per heavy atom. The summed E-state index contributed by atoms with van der Waals surface area (Å²) in [6, 6.07) is 1.84. The van der Waals surface area contributed by atoms with Gasteiger partial charge in [-0.05, 0) is 44.4 Å². The number of hydrogen-bond donors (Lipinski definition) is 1. The lowest BCUT2D eigenvalue weighted by atomic mass is 9.82.